The maximum absolute atomic E-state index is 15.3. The van der Waals surface area contributed by atoms with Crippen LogP contribution in [0.4, 0.5) is 26.3 Å². The van der Waals surface area contributed by atoms with Gasteiger partial charge >= 0.3 is 12.4 Å². The second-order valence-corrected chi connectivity index (χ2v) is 17.5. The zero-order valence-electron chi connectivity index (χ0n) is 38.1. The van der Waals surface area contributed by atoms with Crippen molar-refractivity contribution in [3.63, 3.8) is 0 Å². The molecule has 2 heterocycles. The largest absolute Gasteiger partial charge is 0.417 e. The summed E-state index contributed by atoms with van der Waals surface area (Å²) >= 11 is 0. The summed E-state index contributed by atoms with van der Waals surface area (Å²) in [6.07, 6.45) is -10.3. The molecule has 0 fully saturated rings. The normalized spacial score (nSPS) is 11.6. The van der Waals surface area contributed by atoms with Crippen molar-refractivity contribution < 1.29 is 26.3 Å². The summed E-state index contributed by atoms with van der Waals surface area (Å²) in [5.74, 6) is 0. The van der Waals surface area contributed by atoms with Crippen molar-refractivity contribution in [2.45, 2.75) is 12.4 Å². The smallest absolute Gasteiger partial charge is 0.309 e. The molecule has 7 nitrogen and oxygen atoms in total. The SMILES string of the molecule is N#Cc1ccc(-c2ccc3c(c2)c2ccccc2n3-c2ccc(-c3ccc(C(F)(F)F)cc3C(F)(F)F)c(-c3cc(C#N)ccc3-n3c4ccccc4c4cc(-c5ccc(C#N)cc5C#N)ccc43)c2)c(C#N)c1. The highest BCUT2D eigenvalue weighted by atomic mass is 19.4. The minimum atomic E-state index is -5.24. The van der Waals surface area contributed by atoms with Crippen molar-refractivity contribution >= 4 is 43.6 Å². The van der Waals surface area contributed by atoms with Crippen molar-refractivity contribution in [3.05, 3.63) is 215 Å². The lowest BCUT2D eigenvalue weighted by Crippen LogP contribution is -2.12. The lowest BCUT2D eigenvalue weighted by molar-refractivity contribution is -0.142. The number of hydrogen-bond acceptors (Lipinski definition) is 5. The van der Waals surface area contributed by atoms with Crippen molar-refractivity contribution in [3.8, 4) is 86.2 Å². The molecule has 13 heteroatoms. The van der Waals surface area contributed by atoms with Gasteiger partial charge in [0.05, 0.1) is 97.0 Å². The highest BCUT2D eigenvalue weighted by Gasteiger charge is 2.39. The Morgan fingerprint density at radius 2 is 0.824 bits per heavy atom. The van der Waals surface area contributed by atoms with E-state index in [1.165, 1.54) is 18.2 Å². The van der Waals surface area contributed by atoms with E-state index in [1.54, 1.807) is 54.6 Å². The molecule has 0 N–H and O–H groups in total. The van der Waals surface area contributed by atoms with Crippen molar-refractivity contribution in [1.82, 2.24) is 9.13 Å². The Kier molecular flexibility index (Phi) is 10.9. The second-order valence-electron chi connectivity index (χ2n) is 17.5. The number of nitrogens with zero attached hydrogens (tertiary/aromatic N) is 7. The van der Waals surface area contributed by atoms with E-state index >= 15 is 13.2 Å². The van der Waals surface area contributed by atoms with E-state index in [2.05, 4.69) is 30.3 Å². The van der Waals surface area contributed by atoms with Crippen LogP contribution in [0.1, 0.15) is 38.9 Å². The van der Waals surface area contributed by atoms with Gasteiger partial charge in [0, 0.05) is 32.8 Å². The molecule has 0 saturated heterocycles. The minimum Gasteiger partial charge on any atom is -0.309 e. The average molecular weight is 974 g/mol. The molecule has 11 aromatic rings. The molecule has 350 valence electrons. The number of halogens is 6. The Hall–Kier alpha value is -10.4. The first-order valence-corrected chi connectivity index (χ1v) is 22.7. The summed E-state index contributed by atoms with van der Waals surface area (Å²) in [6, 6.07) is 57.7. The molecule has 0 atom stereocenters. The Labute approximate surface area is 417 Å². The second kappa shape index (κ2) is 17.5. The molecule has 0 saturated carbocycles. The fourth-order valence-corrected chi connectivity index (χ4v) is 10.1. The van der Waals surface area contributed by atoms with Crippen molar-refractivity contribution in [1.29, 1.82) is 26.3 Å². The third-order valence-electron chi connectivity index (χ3n) is 13.4. The van der Waals surface area contributed by atoms with Crippen molar-refractivity contribution in [2.24, 2.45) is 0 Å². The van der Waals surface area contributed by atoms with E-state index in [0.717, 1.165) is 27.6 Å². The predicted octanol–water partition coefficient (Wildman–Crippen LogP) is 15.9. The summed E-state index contributed by atoms with van der Waals surface area (Å²) in [7, 11) is 0. The van der Waals surface area contributed by atoms with Crippen LogP contribution in [0, 0.1) is 56.7 Å². The van der Waals surface area contributed by atoms with E-state index in [0.29, 0.717) is 84.0 Å². The van der Waals surface area contributed by atoms with Gasteiger partial charge in [0.25, 0.3) is 0 Å². The van der Waals surface area contributed by atoms with Crippen LogP contribution in [0.15, 0.2) is 176 Å². The first-order chi connectivity index (χ1) is 35.7. The number of aromatic nitrogens is 2. The first-order valence-electron chi connectivity index (χ1n) is 22.7. The molecule has 0 aliphatic rings. The van der Waals surface area contributed by atoms with E-state index in [-0.39, 0.29) is 28.3 Å². The Bertz CT molecular complexity index is 4420. The average Bonchev–Trinajstić information content (AvgIpc) is 3.94. The number of alkyl halides is 6. The van der Waals surface area contributed by atoms with Crippen molar-refractivity contribution in [2.75, 3.05) is 0 Å². The Balaban J connectivity index is 1.21. The fraction of sp³-hybridized carbons (Fsp3) is 0.0328. The molecule has 0 unspecified atom stereocenters. The fourth-order valence-electron chi connectivity index (χ4n) is 10.1. The highest BCUT2D eigenvalue weighted by molar-refractivity contribution is 6.12. The number of para-hydroxylation sites is 2. The quantitative estimate of drug-likeness (QED) is 0.153. The molecule has 2 aromatic heterocycles. The van der Waals surface area contributed by atoms with Gasteiger partial charge in [-0.1, -0.05) is 72.8 Å². The minimum absolute atomic E-state index is 0.0630. The summed E-state index contributed by atoms with van der Waals surface area (Å²) in [6.45, 7) is 0. The highest BCUT2D eigenvalue weighted by Crippen LogP contribution is 2.47. The van der Waals surface area contributed by atoms with Crippen LogP contribution in [-0.2, 0) is 12.4 Å². The molecule has 0 spiro atoms. The number of fused-ring (bicyclic) bond motifs is 6. The standard InChI is InChI=1S/C61H29F6N7/c62-60(63,64)42-14-18-47(54(28-42)61(65,66)67)46-19-15-43(73-55-7-3-1-5-48(55)52-26-38(12-21-57(52)73)44-16-9-35(30-68)23-40(44)33-71)29-50(46)51-25-37(32-70)11-20-58(51)74-56-8-4-2-6-49(56)53-27-39(13-22-59(53)74)45-17-10-36(31-69)24-41(45)34-72/h1-29H. The van der Waals surface area contributed by atoms with Crippen LogP contribution in [-0.4, -0.2) is 9.13 Å². The molecule has 0 aliphatic heterocycles. The molecule has 74 heavy (non-hydrogen) atoms. The van der Waals surface area contributed by atoms with E-state index in [1.807, 2.05) is 94.1 Å². The number of benzene rings is 9. The molecular weight excluding hydrogens is 945 g/mol. The number of rotatable bonds is 6. The van der Waals surface area contributed by atoms with Gasteiger partial charge in [-0.05, 0) is 142 Å². The lowest BCUT2D eigenvalue weighted by atomic mass is 9.88. The summed E-state index contributed by atoms with van der Waals surface area (Å²) in [5.41, 5.74) is 4.43. The van der Waals surface area contributed by atoms with Gasteiger partial charge in [-0.15, -0.1) is 0 Å². The molecule has 0 amide bonds. The molecule has 0 aliphatic carbocycles. The molecule has 0 bridgehead atoms. The van der Waals surface area contributed by atoms with Gasteiger partial charge < -0.3 is 9.13 Å². The third-order valence-corrected chi connectivity index (χ3v) is 13.4. The van der Waals surface area contributed by atoms with Crippen LogP contribution in [0.3, 0.4) is 0 Å². The molecule has 11 rings (SSSR count). The van der Waals surface area contributed by atoms with Crippen LogP contribution < -0.4 is 0 Å². The van der Waals surface area contributed by atoms with E-state index in [9.17, 15) is 39.5 Å². The van der Waals surface area contributed by atoms with Crippen LogP contribution in [0.5, 0.6) is 0 Å². The van der Waals surface area contributed by atoms with Gasteiger partial charge in [0.2, 0.25) is 0 Å². The monoisotopic (exact) mass is 973 g/mol. The van der Waals surface area contributed by atoms with Gasteiger partial charge in [0.15, 0.2) is 0 Å². The lowest BCUT2D eigenvalue weighted by Gasteiger charge is -2.22. The van der Waals surface area contributed by atoms with Gasteiger partial charge in [-0.25, -0.2) is 0 Å². The van der Waals surface area contributed by atoms with E-state index in [4.69, 9.17) is 0 Å². The summed E-state index contributed by atoms with van der Waals surface area (Å²) in [4.78, 5) is 0. The van der Waals surface area contributed by atoms with E-state index < -0.39 is 29.0 Å². The molecule has 9 aromatic carbocycles. The predicted molar refractivity (Wildman–Crippen MR) is 270 cm³/mol. The maximum atomic E-state index is 15.3. The summed E-state index contributed by atoms with van der Waals surface area (Å²) < 4.78 is 92.1. The zero-order chi connectivity index (χ0) is 51.6. The topological polar surface area (TPSA) is 129 Å². The number of nitriles is 5. The van der Waals surface area contributed by atoms with Crippen LogP contribution >= 0.6 is 0 Å². The van der Waals surface area contributed by atoms with Crippen LogP contribution in [0.25, 0.3) is 99.5 Å². The molecule has 0 radical (unpaired) electrons. The van der Waals surface area contributed by atoms with Gasteiger partial charge in [0.1, 0.15) is 0 Å². The maximum Gasteiger partial charge on any atom is 0.417 e. The zero-order valence-corrected chi connectivity index (χ0v) is 38.1. The first kappa shape index (κ1) is 46.0. The Morgan fingerprint density at radius 3 is 1.36 bits per heavy atom. The Morgan fingerprint density at radius 1 is 0.338 bits per heavy atom. The van der Waals surface area contributed by atoms with Crippen LogP contribution in [0.2, 0.25) is 0 Å². The van der Waals surface area contributed by atoms with Gasteiger partial charge in [-0.3, -0.25) is 0 Å². The third kappa shape index (κ3) is 7.60. The number of hydrogen-bond donors (Lipinski definition) is 0. The molecular formula is C61H29F6N7. The van der Waals surface area contributed by atoms with Gasteiger partial charge in [-0.2, -0.15) is 52.7 Å². The summed E-state index contributed by atoms with van der Waals surface area (Å²) in [5, 5.41) is 52.7.